The van der Waals surface area contributed by atoms with Crippen molar-refractivity contribution >= 4 is 40.9 Å². The number of hydrogen-bond donors (Lipinski definition) is 2. The lowest BCUT2D eigenvalue weighted by atomic mass is 10.0. The number of ether oxygens (including phenoxy) is 1. The molecular weight excluding hydrogens is 367 g/mol. The molecule has 0 radical (unpaired) electrons. The molecule has 2 amide bonds. The second-order valence-electron chi connectivity index (χ2n) is 5.45. The number of carboxylic acid groups (broad SMARTS) is 1. The zero-order valence-electron chi connectivity index (χ0n) is 13.3. The number of primary amides is 1. The summed E-state index contributed by atoms with van der Waals surface area (Å²) < 4.78 is 5.55. The molecule has 0 aliphatic rings. The van der Waals surface area contributed by atoms with Gasteiger partial charge in [0, 0.05) is 5.69 Å². The highest BCUT2D eigenvalue weighted by Crippen LogP contribution is 2.31. The van der Waals surface area contributed by atoms with Gasteiger partial charge in [0.25, 0.3) is 0 Å². The highest BCUT2D eigenvalue weighted by atomic mass is 35.5. The maximum absolute atomic E-state index is 12.0. The van der Waals surface area contributed by atoms with Crippen LogP contribution in [0.1, 0.15) is 6.92 Å². The molecule has 1 unspecified atom stereocenters. The number of halogens is 2. The van der Waals surface area contributed by atoms with Gasteiger partial charge in [-0.1, -0.05) is 41.4 Å². The number of nitrogens with two attached hydrogens (primary N) is 1. The maximum Gasteiger partial charge on any atom is 0.333 e. The summed E-state index contributed by atoms with van der Waals surface area (Å²) >= 11 is 11.9. The van der Waals surface area contributed by atoms with Crippen molar-refractivity contribution in [1.82, 2.24) is 0 Å². The Morgan fingerprint density at radius 2 is 1.80 bits per heavy atom. The van der Waals surface area contributed by atoms with Crippen molar-refractivity contribution in [3.8, 4) is 5.75 Å². The lowest BCUT2D eigenvalue weighted by molar-refractivity contribution is -0.143. The number of carboxylic acids is 1. The molecule has 132 valence electrons. The van der Waals surface area contributed by atoms with E-state index in [9.17, 15) is 14.7 Å². The van der Waals surface area contributed by atoms with Crippen molar-refractivity contribution in [3.05, 3.63) is 58.6 Å². The summed E-state index contributed by atoms with van der Waals surface area (Å²) in [6.45, 7) is 1.01. The van der Waals surface area contributed by atoms with Crippen LogP contribution in [0.5, 0.6) is 5.75 Å². The summed E-state index contributed by atoms with van der Waals surface area (Å²) in [6, 6.07) is 12.0. The number of carbonyl (C=O) groups excluding carboxylic acids is 1. The summed E-state index contributed by atoms with van der Waals surface area (Å²) in [6.07, 6.45) is 0. The molecule has 6 nitrogen and oxygen atoms in total. The number of amides is 2. The number of aliphatic carboxylic acids is 1. The van der Waals surface area contributed by atoms with Gasteiger partial charge in [-0.15, -0.1) is 0 Å². The van der Waals surface area contributed by atoms with Crippen LogP contribution in [-0.2, 0) is 4.79 Å². The topological polar surface area (TPSA) is 92.9 Å². The lowest BCUT2D eigenvalue weighted by Gasteiger charge is -2.36. The second-order valence-corrected chi connectivity index (χ2v) is 6.27. The van der Waals surface area contributed by atoms with Gasteiger partial charge in [0.1, 0.15) is 12.4 Å². The van der Waals surface area contributed by atoms with Crippen LogP contribution < -0.4 is 15.4 Å². The average molecular weight is 383 g/mol. The summed E-state index contributed by atoms with van der Waals surface area (Å²) in [7, 11) is 0. The number of benzene rings is 2. The number of carbonyl (C=O) groups is 2. The standard InChI is InChI=1S/C17H16Cl2N2O4/c1-17(15(22)23,10-25-12-5-3-2-4-6-12)21(16(20)24)11-7-8-13(18)14(19)9-11/h2-9H,10H2,1H3,(H2,20,24)(H,22,23). The van der Waals surface area contributed by atoms with E-state index in [4.69, 9.17) is 33.7 Å². The minimum absolute atomic E-state index is 0.169. The quantitative estimate of drug-likeness (QED) is 0.794. The molecule has 0 aromatic heterocycles. The molecule has 0 aliphatic heterocycles. The van der Waals surface area contributed by atoms with Crippen LogP contribution >= 0.6 is 23.2 Å². The Bertz CT molecular complexity index is 785. The van der Waals surface area contributed by atoms with E-state index >= 15 is 0 Å². The lowest BCUT2D eigenvalue weighted by Crippen LogP contribution is -2.60. The van der Waals surface area contributed by atoms with Gasteiger partial charge in [0.05, 0.1) is 10.0 Å². The minimum Gasteiger partial charge on any atom is -0.491 e. The maximum atomic E-state index is 12.0. The van der Waals surface area contributed by atoms with Crippen molar-refractivity contribution in [2.45, 2.75) is 12.5 Å². The molecular formula is C17H16Cl2N2O4. The Kier molecular flexibility index (Phi) is 5.77. The Hall–Kier alpha value is -2.44. The Morgan fingerprint density at radius 3 is 2.32 bits per heavy atom. The highest BCUT2D eigenvalue weighted by molar-refractivity contribution is 6.42. The number of rotatable bonds is 6. The van der Waals surface area contributed by atoms with Gasteiger partial charge in [-0.05, 0) is 37.3 Å². The SMILES string of the molecule is CC(COc1ccccc1)(C(=O)O)N(C(N)=O)c1ccc(Cl)c(Cl)c1. The van der Waals surface area contributed by atoms with Crippen LogP contribution in [0.15, 0.2) is 48.5 Å². The normalized spacial score (nSPS) is 12.9. The van der Waals surface area contributed by atoms with Crippen LogP contribution in [0.3, 0.4) is 0 Å². The van der Waals surface area contributed by atoms with Crippen LogP contribution in [0.2, 0.25) is 10.0 Å². The van der Waals surface area contributed by atoms with E-state index in [-0.39, 0.29) is 22.3 Å². The number of anilines is 1. The first-order chi connectivity index (χ1) is 11.8. The van der Waals surface area contributed by atoms with Crippen LogP contribution in [-0.4, -0.2) is 29.3 Å². The van der Waals surface area contributed by atoms with Crippen LogP contribution in [0.25, 0.3) is 0 Å². The molecule has 0 fully saturated rings. The zero-order valence-corrected chi connectivity index (χ0v) is 14.8. The first-order valence-corrected chi connectivity index (χ1v) is 7.97. The minimum atomic E-state index is -1.77. The molecule has 0 bridgehead atoms. The number of nitrogens with zero attached hydrogens (tertiary/aromatic N) is 1. The first-order valence-electron chi connectivity index (χ1n) is 7.21. The van der Waals surface area contributed by atoms with E-state index in [2.05, 4.69) is 0 Å². The molecule has 0 saturated carbocycles. The fourth-order valence-corrected chi connectivity index (χ4v) is 2.53. The third kappa shape index (κ3) is 4.15. The Morgan fingerprint density at radius 1 is 1.16 bits per heavy atom. The summed E-state index contributed by atoms with van der Waals surface area (Å²) in [4.78, 5) is 24.9. The number of urea groups is 1. The van der Waals surface area contributed by atoms with E-state index in [1.165, 1.54) is 25.1 Å². The van der Waals surface area contributed by atoms with Crippen LogP contribution in [0.4, 0.5) is 10.5 Å². The van der Waals surface area contributed by atoms with Crippen molar-refractivity contribution in [3.63, 3.8) is 0 Å². The van der Waals surface area contributed by atoms with Crippen molar-refractivity contribution < 1.29 is 19.4 Å². The fourth-order valence-electron chi connectivity index (χ4n) is 2.24. The second kappa shape index (κ2) is 7.63. The average Bonchev–Trinajstić information content (AvgIpc) is 2.57. The van der Waals surface area contributed by atoms with E-state index in [1.54, 1.807) is 30.3 Å². The summed E-state index contributed by atoms with van der Waals surface area (Å²) in [5, 5.41) is 10.2. The smallest absolute Gasteiger partial charge is 0.333 e. The van der Waals surface area contributed by atoms with Crippen LogP contribution in [0, 0.1) is 0 Å². The highest BCUT2D eigenvalue weighted by Gasteiger charge is 2.44. The van der Waals surface area contributed by atoms with Gasteiger partial charge in [-0.3, -0.25) is 4.90 Å². The predicted molar refractivity (Wildman–Crippen MR) is 96.5 cm³/mol. The van der Waals surface area contributed by atoms with Gasteiger partial charge in [0.2, 0.25) is 0 Å². The predicted octanol–water partition coefficient (Wildman–Crippen LogP) is 3.80. The molecule has 25 heavy (non-hydrogen) atoms. The monoisotopic (exact) mass is 382 g/mol. The first kappa shape index (κ1) is 18.9. The molecule has 2 aromatic rings. The zero-order chi connectivity index (χ0) is 18.6. The molecule has 8 heteroatoms. The van der Waals surface area contributed by atoms with Gasteiger partial charge in [0.15, 0.2) is 5.54 Å². The van der Waals surface area contributed by atoms with E-state index in [0.29, 0.717) is 5.75 Å². The summed E-state index contributed by atoms with van der Waals surface area (Å²) in [5.41, 5.74) is 3.87. The fraction of sp³-hybridized carbons (Fsp3) is 0.176. The van der Waals surface area contributed by atoms with E-state index < -0.39 is 17.5 Å². The number of para-hydroxylation sites is 1. The molecule has 2 rings (SSSR count). The van der Waals surface area contributed by atoms with Crippen molar-refractivity contribution in [1.29, 1.82) is 0 Å². The Labute approximate surface area is 154 Å². The molecule has 1 atom stereocenters. The van der Waals surface area contributed by atoms with Crippen molar-refractivity contribution in [2.75, 3.05) is 11.5 Å². The molecule has 0 aliphatic carbocycles. The summed E-state index contributed by atoms with van der Waals surface area (Å²) in [5.74, 6) is -0.818. The van der Waals surface area contributed by atoms with E-state index in [0.717, 1.165) is 4.90 Å². The largest absolute Gasteiger partial charge is 0.491 e. The van der Waals surface area contributed by atoms with Gasteiger partial charge < -0.3 is 15.6 Å². The number of hydrogen-bond acceptors (Lipinski definition) is 3. The van der Waals surface area contributed by atoms with Gasteiger partial charge in [-0.25, -0.2) is 9.59 Å². The van der Waals surface area contributed by atoms with Crippen molar-refractivity contribution in [2.24, 2.45) is 5.73 Å². The van der Waals surface area contributed by atoms with Gasteiger partial charge >= 0.3 is 12.0 Å². The third-order valence-corrected chi connectivity index (χ3v) is 4.34. The third-order valence-electron chi connectivity index (χ3n) is 3.60. The Balaban J connectivity index is 2.40. The molecule has 0 saturated heterocycles. The van der Waals surface area contributed by atoms with E-state index in [1.807, 2.05) is 0 Å². The molecule has 0 spiro atoms. The molecule has 0 heterocycles. The van der Waals surface area contributed by atoms with Gasteiger partial charge in [-0.2, -0.15) is 0 Å². The molecule has 3 N–H and O–H groups in total. The molecule has 2 aromatic carbocycles.